The lowest BCUT2D eigenvalue weighted by Gasteiger charge is -2.61. The molecule has 1 saturated heterocycles. The number of benzene rings is 2. The zero-order chi connectivity index (χ0) is 36.6. The lowest BCUT2D eigenvalue weighted by molar-refractivity contribution is -0.178. The number of carbonyl (C=O) groups is 5. The Bertz CT molecular complexity index is 1710. The maximum Gasteiger partial charge on any atom is 0.446 e. The van der Waals surface area contributed by atoms with Gasteiger partial charge >= 0.3 is 30.1 Å². The molecule has 0 saturated carbocycles. The number of likely N-dealkylation sites (tertiary alicyclic amines) is 1. The van der Waals surface area contributed by atoms with Gasteiger partial charge in [0.05, 0.1) is 24.5 Å². The number of aldehydes is 1. The molecule has 6 rings (SSSR count). The molecule has 2 aromatic rings. The Labute approximate surface area is 283 Å². The molecule has 13 nitrogen and oxygen atoms in total. The van der Waals surface area contributed by atoms with Gasteiger partial charge in [0.15, 0.2) is 17.6 Å². The first-order chi connectivity index (χ1) is 23.6. The van der Waals surface area contributed by atoms with E-state index in [-0.39, 0.29) is 23.8 Å². The van der Waals surface area contributed by atoms with E-state index in [0.29, 0.717) is 30.9 Å². The van der Waals surface area contributed by atoms with E-state index in [9.17, 15) is 42.6 Å². The van der Waals surface area contributed by atoms with Crippen molar-refractivity contribution in [3.05, 3.63) is 71.0 Å². The Kier molecular flexibility index (Phi) is 9.99. The van der Waals surface area contributed by atoms with Crippen LogP contribution in [0.15, 0.2) is 54.3 Å². The van der Waals surface area contributed by atoms with Crippen molar-refractivity contribution in [3.63, 3.8) is 0 Å². The normalized spacial score (nSPS) is 25.5. The summed E-state index contributed by atoms with van der Waals surface area (Å²) in [5.41, 5.74) is 0.0660. The van der Waals surface area contributed by atoms with Crippen molar-refractivity contribution in [2.45, 2.75) is 74.2 Å². The van der Waals surface area contributed by atoms with Crippen molar-refractivity contribution in [2.24, 2.45) is 0 Å². The van der Waals surface area contributed by atoms with Gasteiger partial charge in [-0.1, -0.05) is 36.4 Å². The molecule has 2 aliphatic heterocycles. The van der Waals surface area contributed by atoms with Crippen LogP contribution in [0.5, 0.6) is 11.5 Å². The quantitative estimate of drug-likeness (QED) is 0.222. The number of esters is 3. The highest BCUT2D eigenvalue weighted by Crippen LogP contribution is 2.65. The number of hydrogen-bond donors (Lipinski definition) is 2. The first-order valence-corrected chi connectivity index (χ1v) is 15.4. The molecule has 2 N–H and O–H groups in total. The molecule has 16 heteroatoms. The zero-order valence-electron chi connectivity index (χ0n) is 27.1. The summed E-state index contributed by atoms with van der Waals surface area (Å²) in [7, 11) is 3.53. The molecule has 0 radical (unpaired) electrons. The number of piperidine rings is 1. The number of hydrogen-bond acceptors (Lipinski definition) is 12. The van der Waals surface area contributed by atoms with Gasteiger partial charge in [0.1, 0.15) is 5.76 Å². The van der Waals surface area contributed by atoms with E-state index in [1.807, 2.05) is 19.2 Å². The lowest BCUT2D eigenvalue weighted by Crippen LogP contribution is -2.74. The Morgan fingerprint density at radius 3 is 2.40 bits per heavy atom. The van der Waals surface area contributed by atoms with E-state index in [0.717, 1.165) is 18.1 Å². The number of aliphatic hydroxyl groups is 1. The topological polar surface area (TPSA) is 175 Å². The van der Waals surface area contributed by atoms with E-state index in [4.69, 9.17) is 28.5 Å². The number of halogens is 3. The van der Waals surface area contributed by atoms with Gasteiger partial charge in [-0.2, -0.15) is 13.2 Å². The summed E-state index contributed by atoms with van der Waals surface area (Å²) in [5, 5.41) is 21.8. The molecule has 0 amide bonds. The largest absolute Gasteiger partial charge is 0.493 e. The Hall–Kier alpha value is -4.96. The second-order valence-electron chi connectivity index (χ2n) is 12.3. The first kappa shape index (κ1) is 36.3. The summed E-state index contributed by atoms with van der Waals surface area (Å²) in [5.74, 6) is -3.25. The third-order valence-corrected chi connectivity index (χ3v) is 9.41. The van der Waals surface area contributed by atoms with Crippen LogP contribution in [0, 0.1) is 0 Å². The van der Waals surface area contributed by atoms with Crippen LogP contribution in [0.1, 0.15) is 49.0 Å². The molecule has 0 unspecified atom stereocenters. The SMILES string of the molecule is COc1ccc2c3c1O[C@H]1C(OC(=O)[C@@H](OC(=O)C[C@H](OC(C)=O)C(=O)O)c4ccccc4)=CC[C@@]4(O)[C@@H](C2)N(C)CC[C@]314.O=CC(F)(F)F. The predicted molar refractivity (Wildman–Crippen MR) is 163 cm³/mol. The summed E-state index contributed by atoms with van der Waals surface area (Å²) >= 11 is 0. The first-order valence-electron chi connectivity index (χ1n) is 15.4. The van der Waals surface area contributed by atoms with Crippen molar-refractivity contribution in [3.8, 4) is 11.5 Å². The Morgan fingerprint density at radius 2 is 1.80 bits per heavy atom. The van der Waals surface area contributed by atoms with Crippen LogP contribution >= 0.6 is 0 Å². The number of likely N-dealkylation sites (N-methyl/N-ethyl adjacent to an activating group) is 1. The number of aliphatic carboxylic acids is 1. The minimum absolute atomic E-state index is 0.175. The van der Waals surface area contributed by atoms with Crippen LogP contribution in [-0.4, -0.2) is 96.0 Å². The third-order valence-electron chi connectivity index (χ3n) is 9.41. The molecule has 2 bridgehead atoms. The number of carbonyl (C=O) groups excluding carboxylic acids is 4. The number of carboxylic acid groups (broad SMARTS) is 1. The summed E-state index contributed by atoms with van der Waals surface area (Å²) in [6.45, 7) is 1.70. The number of carboxylic acids is 1. The van der Waals surface area contributed by atoms with Gasteiger partial charge in [-0.05, 0) is 44.1 Å². The molecular formula is C34H34F3NO12. The molecule has 0 aromatic heterocycles. The van der Waals surface area contributed by atoms with E-state index >= 15 is 0 Å². The summed E-state index contributed by atoms with van der Waals surface area (Å²) < 4.78 is 59.5. The van der Waals surface area contributed by atoms with Crippen LogP contribution < -0.4 is 9.47 Å². The zero-order valence-corrected chi connectivity index (χ0v) is 27.1. The second-order valence-corrected chi connectivity index (χ2v) is 12.3. The van der Waals surface area contributed by atoms with E-state index in [2.05, 4.69) is 4.90 Å². The second kappa shape index (κ2) is 13.7. The van der Waals surface area contributed by atoms with Crippen LogP contribution in [0.4, 0.5) is 13.2 Å². The fourth-order valence-electron chi connectivity index (χ4n) is 7.35. The standard InChI is InChI=1S/C32H33NO11.C2HF3O/c1-17(34)41-22(29(36)37)16-24(35)43-26(18-7-5-4-6-8-18)30(38)42-21-11-12-32(39)23-15-19-9-10-20(40-3)27-25(19)31(32,28(21)44-27)13-14-33(23)2;3-2(4,5)1-6/h4-11,22-23,26,28,39H,12-16H2,1-3H3,(H,36,37);1H/t22-,23+,26-,28-,31-,32+;/m0./s1. The van der Waals surface area contributed by atoms with Crippen molar-refractivity contribution < 1.29 is 71.0 Å². The highest BCUT2D eigenvalue weighted by atomic mass is 19.4. The summed E-state index contributed by atoms with van der Waals surface area (Å²) in [4.78, 5) is 60.4. The molecule has 2 aromatic carbocycles. The van der Waals surface area contributed by atoms with Crippen molar-refractivity contribution in [2.75, 3.05) is 20.7 Å². The van der Waals surface area contributed by atoms with E-state index in [1.165, 1.54) is 0 Å². The highest BCUT2D eigenvalue weighted by molar-refractivity contribution is 5.85. The Morgan fingerprint density at radius 1 is 1.12 bits per heavy atom. The van der Waals surface area contributed by atoms with Gasteiger partial charge in [-0.3, -0.25) is 14.4 Å². The van der Waals surface area contributed by atoms with Gasteiger partial charge in [-0.15, -0.1) is 0 Å². The van der Waals surface area contributed by atoms with Gasteiger partial charge in [0, 0.05) is 30.5 Å². The van der Waals surface area contributed by atoms with Crippen LogP contribution in [-0.2, 0) is 50.0 Å². The van der Waals surface area contributed by atoms with Gasteiger partial charge in [0.2, 0.25) is 18.5 Å². The van der Waals surface area contributed by atoms with Gasteiger partial charge in [-0.25, -0.2) is 9.59 Å². The summed E-state index contributed by atoms with van der Waals surface area (Å²) in [6.07, 6.45) is -7.73. The van der Waals surface area contributed by atoms with Crippen molar-refractivity contribution in [1.29, 1.82) is 0 Å². The van der Waals surface area contributed by atoms with Crippen LogP contribution in [0.2, 0.25) is 0 Å². The monoisotopic (exact) mass is 705 g/mol. The van der Waals surface area contributed by atoms with Gasteiger partial charge in [0.25, 0.3) is 0 Å². The molecule has 50 heavy (non-hydrogen) atoms. The smallest absolute Gasteiger partial charge is 0.446 e. The molecule has 2 aliphatic carbocycles. The molecule has 268 valence electrons. The van der Waals surface area contributed by atoms with Gasteiger partial charge < -0.3 is 38.8 Å². The molecule has 1 fully saturated rings. The molecule has 1 spiro atoms. The molecule has 6 atom stereocenters. The number of methoxy groups -OCH3 is 1. The third kappa shape index (κ3) is 6.52. The van der Waals surface area contributed by atoms with Crippen molar-refractivity contribution >= 4 is 30.2 Å². The minimum atomic E-state index is -4.64. The molecule has 4 aliphatic rings. The fraction of sp³-hybridized carbons (Fsp3) is 0.441. The maximum atomic E-state index is 13.8. The lowest BCUT2D eigenvalue weighted by atomic mass is 9.50. The Balaban J connectivity index is 0.000000745. The predicted octanol–water partition coefficient (Wildman–Crippen LogP) is 2.95. The maximum absolute atomic E-state index is 13.8. The van der Waals surface area contributed by atoms with E-state index in [1.54, 1.807) is 43.5 Å². The van der Waals surface area contributed by atoms with E-state index < -0.39 is 72.1 Å². The van der Waals surface area contributed by atoms with Crippen molar-refractivity contribution in [1.82, 2.24) is 4.90 Å². The van der Waals surface area contributed by atoms with Crippen LogP contribution in [0.25, 0.3) is 0 Å². The molecular weight excluding hydrogens is 671 g/mol. The number of rotatable bonds is 9. The van der Waals surface area contributed by atoms with Crippen LogP contribution in [0.3, 0.4) is 0 Å². The number of ether oxygens (including phenoxy) is 5. The number of alkyl halides is 3. The molecule has 2 heterocycles. The minimum Gasteiger partial charge on any atom is -0.493 e. The average molecular weight is 706 g/mol. The summed E-state index contributed by atoms with van der Waals surface area (Å²) in [6, 6.07) is 11.8. The fourth-order valence-corrected chi connectivity index (χ4v) is 7.35. The highest BCUT2D eigenvalue weighted by Gasteiger charge is 2.72. The number of nitrogens with zero attached hydrogens (tertiary/aromatic N) is 1. The average Bonchev–Trinajstić information content (AvgIpc) is 3.42.